The second-order valence-corrected chi connectivity index (χ2v) is 8.87. The first kappa shape index (κ1) is 24.1. The van der Waals surface area contributed by atoms with Gasteiger partial charge in [-0.05, 0) is 85.7 Å². The van der Waals surface area contributed by atoms with Crippen LogP contribution in [0.1, 0.15) is 36.6 Å². The van der Waals surface area contributed by atoms with Gasteiger partial charge in [0.15, 0.2) is 0 Å². The average Bonchev–Trinajstić information content (AvgIpc) is 2.87. The number of halogens is 2. The molecule has 1 aliphatic rings. The molecule has 0 saturated carbocycles. The van der Waals surface area contributed by atoms with Gasteiger partial charge in [-0.15, -0.1) is 0 Å². The smallest absolute Gasteiger partial charge is 0.126 e. The summed E-state index contributed by atoms with van der Waals surface area (Å²) in [6.45, 7) is 2.22. The van der Waals surface area contributed by atoms with Gasteiger partial charge in [0, 0.05) is 30.3 Å². The molecule has 1 aromatic heterocycles. The number of ether oxygens (including phenoxy) is 1. The third kappa shape index (κ3) is 5.91. The minimum Gasteiger partial charge on any atom is -0.497 e. The minimum absolute atomic E-state index is 0.0742. The van der Waals surface area contributed by atoms with E-state index in [2.05, 4.69) is 21.7 Å². The summed E-state index contributed by atoms with van der Waals surface area (Å²) in [6, 6.07) is 13.5. The summed E-state index contributed by atoms with van der Waals surface area (Å²) in [5.74, 6) is 6.85. The van der Waals surface area contributed by atoms with Gasteiger partial charge >= 0.3 is 0 Å². The highest BCUT2D eigenvalue weighted by atomic mass is 19.1. The molecule has 1 saturated heterocycles. The van der Waals surface area contributed by atoms with Crippen molar-refractivity contribution in [3.05, 3.63) is 71.7 Å². The molecule has 1 aliphatic heterocycles. The molecule has 4 nitrogen and oxygen atoms in total. The van der Waals surface area contributed by atoms with Crippen LogP contribution < -0.4 is 4.74 Å². The highest BCUT2D eigenvalue weighted by molar-refractivity contribution is 5.83. The highest BCUT2D eigenvalue weighted by Crippen LogP contribution is 2.35. The van der Waals surface area contributed by atoms with Crippen molar-refractivity contribution in [3.8, 4) is 17.6 Å². The number of benzene rings is 2. The van der Waals surface area contributed by atoms with E-state index in [-0.39, 0.29) is 24.3 Å². The first-order chi connectivity index (χ1) is 16.6. The van der Waals surface area contributed by atoms with Crippen LogP contribution >= 0.6 is 0 Å². The molecular formula is C28H30F2N2O2. The number of aliphatic hydroxyl groups excluding tert-OH is 1. The summed E-state index contributed by atoms with van der Waals surface area (Å²) in [4.78, 5) is 6.55. The fraction of sp³-hybridized carbons (Fsp3) is 0.393. The second-order valence-electron chi connectivity index (χ2n) is 8.87. The summed E-state index contributed by atoms with van der Waals surface area (Å²) < 4.78 is 33.9. The van der Waals surface area contributed by atoms with Crippen LogP contribution in [0.3, 0.4) is 0 Å². The maximum Gasteiger partial charge on any atom is 0.126 e. The van der Waals surface area contributed by atoms with Gasteiger partial charge in [-0.1, -0.05) is 17.9 Å². The number of aromatic nitrogens is 1. The summed E-state index contributed by atoms with van der Waals surface area (Å²) in [7, 11) is 1.60. The Bertz CT molecular complexity index is 1170. The maximum absolute atomic E-state index is 15.3. The first-order valence-corrected chi connectivity index (χ1v) is 11.7. The summed E-state index contributed by atoms with van der Waals surface area (Å²) in [6.07, 6.45) is 2.55. The Hall–Kier alpha value is -3.01. The Kier molecular flexibility index (Phi) is 8.10. The molecule has 0 spiro atoms. The molecule has 2 aromatic carbocycles. The van der Waals surface area contributed by atoms with Crippen LogP contribution in [-0.4, -0.2) is 48.3 Å². The zero-order valence-corrected chi connectivity index (χ0v) is 19.4. The molecule has 4 rings (SSSR count). The lowest BCUT2D eigenvalue weighted by atomic mass is 9.81. The summed E-state index contributed by atoms with van der Waals surface area (Å²) >= 11 is 0. The molecule has 0 unspecified atom stereocenters. The molecule has 34 heavy (non-hydrogen) atoms. The van der Waals surface area contributed by atoms with Gasteiger partial charge in [-0.25, -0.2) is 8.78 Å². The van der Waals surface area contributed by atoms with E-state index in [4.69, 9.17) is 4.74 Å². The molecule has 3 aromatic rings. The maximum atomic E-state index is 15.3. The predicted octanol–water partition coefficient (Wildman–Crippen LogP) is 5.16. The normalized spacial score (nSPS) is 19.4. The molecule has 0 aliphatic carbocycles. The number of methoxy groups -OCH3 is 1. The van der Waals surface area contributed by atoms with Gasteiger partial charge in [0.2, 0.25) is 0 Å². The Morgan fingerprint density at radius 2 is 2.09 bits per heavy atom. The number of rotatable bonds is 7. The average molecular weight is 465 g/mol. The summed E-state index contributed by atoms with van der Waals surface area (Å²) in [5.41, 5.74) is 2.04. The number of hydrogen-bond acceptors (Lipinski definition) is 4. The Morgan fingerprint density at radius 1 is 1.21 bits per heavy atom. The number of fused-ring (bicyclic) bond motifs is 1. The van der Waals surface area contributed by atoms with Crippen LogP contribution in [-0.2, 0) is 0 Å². The van der Waals surface area contributed by atoms with Crippen LogP contribution in [0.25, 0.3) is 10.9 Å². The van der Waals surface area contributed by atoms with E-state index in [9.17, 15) is 9.50 Å². The molecule has 2 heterocycles. The lowest BCUT2D eigenvalue weighted by Gasteiger charge is -2.37. The molecule has 0 radical (unpaired) electrons. The minimum atomic E-state index is -1.10. The zero-order valence-electron chi connectivity index (χ0n) is 19.4. The fourth-order valence-electron chi connectivity index (χ4n) is 4.77. The molecule has 178 valence electrons. The van der Waals surface area contributed by atoms with Crippen molar-refractivity contribution in [2.75, 3.05) is 33.4 Å². The number of aliphatic hydroxyl groups is 1. The van der Waals surface area contributed by atoms with Crippen molar-refractivity contribution in [2.45, 2.75) is 25.4 Å². The standard InChI is InChI=1S/C28H30F2N2O2/c1-34-24-8-10-28-26(17-24)25(11-13-31-28)27(30)9-7-21-12-15-32(18-22(21)19-33)14-3-5-20-4-2-6-23(29)16-20/h2,4,6,8,10-11,13,16-17,21-22,27,33H,7,9,12,14-15,18-19H2,1H3/t21-,22-,27+/m1/s1. The van der Waals surface area contributed by atoms with E-state index in [0.29, 0.717) is 36.3 Å². The van der Waals surface area contributed by atoms with Crippen LogP contribution in [0.2, 0.25) is 0 Å². The summed E-state index contributed by atoms with van der Waals surface area (Å²) in [5, 5.41) is 10.8. The molecule has 6 heteroatoms. The van der Waals surface area contributed by atoms with Gasteiger partial charge in [0.1, 0.15) is 17.7 Å². The first-order valence-electron chi connectivity index (χ1n) is 11.7. The molecular weight excluding hydrogens is 434 g/mol. The molecule has 3 atom stereocenters. The van der Waals surface area contributed by atoms with Crippen molar-refractivity contribution in [3.63, 3.8) is 0 Å². The Morgan fingerprint density at radius 3 is 2.88 bits per heavy atom. The zero-order chi connectivity index (χ0) is 23.9. The van der Waals surface area contributed by atoms with Crippen LogP contribution in [0, 0.1) is 29.5 Å². The third-order valence-corrected chi connectivity index (χ3v) is 6.68. The Labute approximate surface area is 199 Å². The van der Waals surface area contributed by atoms with Crippen LogP contribution in [0.15, 0.2) is 54.7 Å². The number of likely N-dealkylation sites (tertiary alicyclic amines) is 1. The van der Waals surface area contributed by atoms with Crippen LogP contribution in [0.4, 0.5) is 8.78 Å². The number of nitrogens with zero attached hydrogens (tertiary/aromatic N) is 2. The molecule has 1 fully saturated rings. The number of hydrogen-bond donors (Lipinski definition) is 1. The SMILES string of the molecule is COc1ccc2nccc([C@@H](F)CC[C@@H]3CCN(CC#Cc4cccc(F)c4)C[C@@H]3CO)c2c1. The number of piperidine rings is 1. The van der Waals surface area contributed by atoms with Crippen molar-refractivity contribution >= 4 is 10.9 Å². The predicted molar refractivity (Wildman–Crippen MR) is 130 cm³/mol. The Balaban J connectivity index is 1.34. The van der Waals surface area contributed by atoms with E-state index in [1.54, 1.807) is 31.5 Å². The topological polar surface area (TPSA) is 45.6 Å². The van der Waals surface area contributed by atoms with Gasteiger partial charge < -0.3 is 9.84 Å². The van der Waals surface area contributed by atoms with Gasteiger partial charge in [0.05, 0.1) is 19.2 Å². The number of alkyl halides is 1. The van der Waals surface area contributed by atoms with Crippen LogP contribution in [0.5, 0.6) is 5.75 Å². The highest BCUT2D eigenvalue weighted by Gasteiger charge is 2.29. The van der Waals surface area contributed by atoms with E-state index in [1.165, 1.54) is 12.1 Å². The van der Waals surface area contributed by atoms with E-state index < -0.39 is 6.17 Å². The van der Waals surface area contributed by atoms with Gasteiger partial charge in [-0.3, -0.25) is 9.88 Å². The van der Waals surface area contributed by atoms with Gasteiger partial charge in [0.25, 0.3) is 0 Å². The van der Waals surface area contributed by atoms with E-state index in [1.807, 2.05) is 18.2 Å². The fourth-order valence-corrected chi connectivity index (χ4v) is 4.77. The quantitative estimate of drug-likeness (QED) is 0.491. The third-order valence-electron chi connectivity index (χ3n) is 6.68. The van der Waals surface area contributed by atoms with E-state index in [0.717, 1.165) is 30.4 Å². The monoisotopic (exact) mass is 464 g/mol. The van der Waals surface area contributed by atoms with E-state index >= 15 is 4.39 Å². The number of pyridine rings is 1. The van der Waals surface area contributed by atoms with Crippen molar-refractivity contribution in [2.24, 2.45) is 11.8 Å². The van der Waals surface area contributed by atoms with Crippen molar-refractivity contribution < 1.29 is 18.6 Å². The van der Waals surface area contributed by atoms with Crippen molar-refractivity contribution in [1.29, 1.82) is 0 Å². The molecule has 0 amide bonds. The largest absolute Gasteiger partial charge is 0.497 e. The van der Waals surface area contributed by atoms with Crippen molar-refractivity contribution in [1.82, 2.24) is 9.88 Å². The lowest BCUT2D eigenvalue weighted by Crippen LogP contribution is -2.42. The second kappa shape index (κ2) is 11.4. The molecule has 0 bridgehead atoms. The lowest BCUT2D eigenvalue weighted by molar-refractivity contribution is 0.0708. The molecule has 1 N–H and O–H groups in total. The van der Waals surface area contributed by atoms with Gasteiger partial charge in [-0.2, -0.15) is 0 Å².